The van der Waals surface area contributed by atoms with E-state index in [1.807, 2.05) is 61.5 Å². The van der Waals surface area contributed by atoms with Crippen LogP contribution in [0.25, 0.3) is 5.69 Å². The van der Waals surface area contributed by atoms with E-state index in [4.69, 9.17) is 4.74 Å². The molecule has 1 amide bonds. The summed E-state index contributed by atoms with van der Waals surface area (Å²) in [4.78, 5) is 28.6. The Labute approximate surface area is 200 Å². The number of carbonyl (C=O) groups excluding carboxylic acids is 2. The molecule has 0 spiro atoms. The summed E-state index contributed by atoms with van der Waals surface area (Å²) in [6.07, 6.45) is 3.45. The zero-order valence-corrected chi connectivity index (χ0v) is 20.1. The molecular weight excluding hydrogens is 428 g/mol. The normalized spacial score (nSPS) is 15.0. The van der Waals surface area contributed by atoms with Gasteiger partial charge in [-0.3, -0.25) is 14.5 Å². The Hall–Kier alpha value is -3.45. The summed E-state index contributed by atoms with van der Waals surface area (Å²) in [6, 6.07) is 17.4. The summed E-state index contributed by atoms with van der Waals surface area (Å²) in [6.45, 7) is 5.82. The van der Waals surface area contributed by atoms with Gasteiger partial charge in [0.2, 0.25) is 0 Å². The molecule has 7 heteroatoms. The molecule has 2 heterocycles. The van der Waals surface area contributed by atoms with Crippen molar-refractivity contribution in [1.82, 2.24) is 20.0 Å². The quantitative estimate of drug-likeness (QED) is 0.406. The first kappa shape index (κ1) is 23.7. The van der Waals surface area contributed by atoms with Crippen LogP contribution in [0.4, 0.5) is 0 Å². The molecule has 178 valence electrons. The van der Waals surface area contributed by atoms with Crippen LogP contribution in [0.2, 0.25) is 0 Å². The van der Waals surface area contributed by atoms with Gasteiger partial charge in [-0.2, -0.15) is 5.10 Å². The van der Waals surface area contributed by atoms with Gasteiger partial charge in [-0.05, 0) is 58.0 Å². The van der Waals surface area contributed by atoms with Crippen LogP contribution in [-0.2, 0) is 4.79 Å². The number of Topliss-reactive ketones (excluding diaryl/α,β-unsaturated/α-hetero) is 1. The summed E-state index contributed by atoms with van der Waals surface area (Å²) in [5, 5.41) is 7.42. The van der Waals surface area contributed by atoms with E-state index in [-0.39, 0.29) is 6.04 Å². The van der Waals surface area contributed by atoms with Crippen molar-refractivity contribution in [3.63, 3.8) is 0 Å². The Balaban J connectivity index is 1.54. The molecule has 3 aromatic rings. The first-order valence-electron chi connectivity index (χ1n) is 11.8. The van der Waals surface area contributed by atoms with Gasteiger partial charge in [0.15, 0.2) is 0 Å². The molecule has 7 nitrogen and oxygen atoms in total. The van der Waals surface area contributed by atoms with Gasteiger partial charge < -0.3 is 10.1 Å². The maximum absolute atomic E-state index is 13.2. The van der Waals surface area contributed by atoms with E-state index >= 15 is 0 Å². The third kappa shape index (κ3) is 4.89. The summed E-state index contributed by atoms with van der Waals surface area (Å²) in [7, 11) is 1.66. The van der Waals surface area contributed by atoms with Gasteiger partial charge in [0.1, 0.15) is 5.75 Å². The highest BCUT2D eigenvalue weighted by molar-refractivity contribution is 6.43. The van der Waals surface area contributed by atoms with Gasteiger partial charge >= 0.3 is 0 Å². The number of rotatable bonds is 8. The lowest BCUT2D eigenvalue weighted by Gasteiger charge is -2.35. The largest absolute Gasteiger partial charge is 0.496 e. The van der Waals surface area contributed by atoms with Gasteiger partial charge in [-0.1, -0.05) is 42.8 Å². The Morgan fingerprint density at radius 3 is 2.38 bits per heavy atom. The molecule has 0 radical (unpaired) electrons. The van der Waals surface area contributed by atoms with Crippen LogP contribution in [0.3, 0.4) is 0 Å². The summed E-state index contributed by atoms with van der Waals surface area (Å²) < 4.78 is 7.31. The second-order valence-corrected chi connectivity index (χ2v) is 8.69. The van der Waals surface area contributed by atoms with Crippen LogP contribution in [0.5, 0.6) is 5.75 Å². The number of piperidine rings is 1. The molecule has 1 unspecified atom stereocenters. The number of hydrogen-bond acceptors (Lipinski definition) is 5. The van der Waals surface area contributed by atoms with E-state index in [9.17, 15) is 9.59 Å². The minimum absolute atomic E-state index is 0.0672. The highest BCUT2D eigenvalue weighted by atomic mass is 16.5. The van der Waals surface area contributed by atoms with Crippen molar-refractivity contribution >= 4 is 11.7 Å². The number of methoxy groups -OCH3 is 1. The number of nitrogens with one attached hydrogen (secondary N) is 1. The fourth-order valence-corrected chi connectivity index (χ4v) is 4.78. The zero-order chi connectivity index (χ0) is 24.1. The Bertz CT molecular complexity index is 1150. The molecule has 1 saturated heterocycles. The number of ether oxygens (including phenoxy) is 1. The summed E-state index contributed by atoms with van der Waals surface area (Å²) >= 11 is 0. The number of para-hydroxylation sites is 2. The number of aromatic nitrogens is 2. The lowest BCUT2D eigenvalue weighted by Crippen LogP contribution is -2.42. The summed E-state index contributed by atoms with van der Waals surface area (Å²) in [5.41, 5.74) is 3.42. The van der Waals surface area contributed by atoms with Crippen molar-refractivity contribution in [2.45, 2.75) is 39.2 Å². The molecular formula is C27H32N4O3. The van der Waals surface area contributed by atoms with Crippen molar-refractivity contribution < 1.29 is 14.3 Å². The predicted octanol–water partition coefficient (Wildman–Crippen LogP) is 4.02. The van der Waals surface area contributed by atoms with Gasteiger partial charge in [0, 0.05) is 12.1 Å². The number of nitrogens with zero attached hydrogens (tertiary/aromatic N) is 3. The second-order valence-electron chi connectivity index (χ2n) is 8.69. The predicted molar refractivity (Wildman–Crippen MR) is 132 cm³/mol. The highest BCUT2D eigenvalue weighted by Crippen LogP contribution is 2.31. The molecule has 1 aliphatic heterocycles. The molecule has 1 fully saturated rings. The minimum atomic E-state index is -0.615. The lowest BCUT2D eigenvalue weighted by molar-refractivity contribution is -0.117. The van der Waals surface area contributed by atoms with Crippen LogP contribution in [0.15, 0.2) is 54.6 Å². The van der Waals surface area contributed by atoms with Crippen molar-refractivity contribution in [3.8, 4) is 11.4 Å². The van der Waals surface area contributed by atoms with Crippen LogP contribution >= 0.6 is 0 Å². The van der Waals surface area contributed by atoms with E-state index < -0.39 is 11.7 Å². The number of likely N-dealkylation sites (tertiary alicyclic amines) is 1. The SMILES string of the molecule is COc1ccccc1C(CNC(=O)C(=O)c1c(C)nn(-c2ccccc2)c1C)N1CCCCC1. The van der Waals surface area contributed by atoms with E-state index in [0.29, 0.717) is 23.5 Å². The van der Waals surface area contributed by atoms with Gasteiger partial charge in [0.25, 0.3) is 11.7 Å². The molecule has 1 N–H and O–H groups in total. The average molecular weight is 461 g/mol. The van der Waals surface area contributed by atoms with E-state index in [0.717, 1.165) is 42.9 Å². The Morgan fingerprint density at radius 1 is 1.00 bits per heavy atom. The number of aryl methyl sites for hydroxylation is 1. The van der Waals surface area contributed by atoms with Crippen LogP contribution in [0, 0.1) is 13.8 Å². The fraction of sp³-hybridized carbons (Fsp3) is 0.370. The monoisotopic (exact) mass is 460 g/mol. The fourth-order valence-electron chi connectivity index (χ4n) is 4.78. The first-order valence-corrected chi connectivity index (χ1v) is 11.8. The molecule has 0 bridgehead atoms. The maximum Gasteiger partial charge on any atom is 0.292 e. The van der Waals surface area contributed by atoms with Crippen molar-refractivity contribution in [3.05, 3.63) is 77.1 Å². The van der Waals surface area contributed by atoms with Gasteiger partial charge in [0.05, 0.1) is 35.8 Å². The number of carbonyl (C=O) groups is 2. The van der Waals surface area contributed by atoms with Crippen molar-refractivity contribution in [2.75, 3.05) is 26.7 Å². The van der Waals surface area contributed by atoms with Crippen molar-refractivity contribution in [2.24, 2.45) is 0 Å². The second kappa shape index (κ2) is 10.7. The Morgan fingerprint density at radius 2 is 1.68 bits per heavy atom. The number of hydrogen-bond donors (Lipinski definition) is 1. The van der Waals surface area contributed by atoms with E-state index in [1.54, 1.807) is 18.7 Å². The third-order valence-electron chi connectivity index (χ3n) is 6.51. The molecule has 0 saturated carbocycles. The van der Waals surface area contributed by atoms with Crippen LogP contribution in [-0.4, -0.2) is 53.1 Å². The first-order chi connectivity index (χ1) is 16.5. The van der Waals surface area contributed by atoms with E-state index in [1.165, 1.54) is 6.42 Å². The van der Waals surface area contributed by atoms with E-state index in [2.05, 4.69) is 15.3 Å². The van der Waals surface area contributed by atoms with Crippen LogP contribution in [0.1, 0.15) is 52.6 Å². The number of ketones is 1. The third-order valence-corrected chi connectivity index (χ3v) is 6.51. The topological polar surface area (TPSA) is 76.5 Å². The van der Waals surface area contributed by atoms with Gasteiger partial charge in [-0.15, -0.1) is 0 Å². The minimum Gasteiger partial charge on any atom is -0.496 e. The zero-order valence-electron chi connectivity index (χ0n) is 20.1. The lowest BCUT2D eigenvalue weighted by atomic mass is 10.00. The molecule has 34 heavy (non-hydrogen) atoms. The van der Waals surface area contributed by atoms with Gasteiger partial charge in [-0.25, -0.2) is 4.68 Å². The molecule has 4 rings (SSSR count). The molecule has 1 aromatic heterocycles. The average Bonchev–Trinajstić information content (AvgIpc) is 3.18. The molecule has 0 aliphatic carbocycles. The number of benzene rings is 2. The van der Waals surface area contributed by atoms with Crippen molar-refractivity contribution in [1.29, 1.82) is 0 Å². The maximum atomic E-state index is 13.2. The summed E-state index contributed by atoms with van der Waals surface area (Å²) in [5.74, 6) is -0.389. The Kier molecular flexibility index (Phi) is 7.43. The highest BCUT2D eigenvalue weighted by Gasteiger charge is 2.29. The van der Waals surface area contributed by atoms with Crippen LogP contribution < -0.4 is 10.1 Å². The number of amides is 1. The molecule has 1 aliphatic rings. The molecule has 1 atom stereocenters. The standard InChI is InChI=1S/C27H32N4O3/c1-19-25(20(2)31(29-19)21-12-6-4-7-13-21)26(32)27(33)28-18-23(30-16-10-5-11-17-30)22-14-8-9-15-24(22)34-3/h4,6-9,12-15,23H,5,10-11,16-18H2,1-3H3,(H,28,33). The smallest absolute Gasteiger partial charge is 0.292 e. The molecule has 2 aromatic carbocycles.